The van der Waals surface area contributed by atoms with Crippen LogP contribution in [0.1, 0.15) is 18.5 Å². The number of thioether (sulfide) groups is 2. The number of hydrogen-bond acceptors (Lipinski definition) is 15. The quantitative estimate of drug-likeness (QED) is 0.0723. The van der Waals surface area contributed by atoms with Gasteiger partial charge in [0.05, 0.1) is 0 Å². The number of urea groups is 1. The highest BCUT2D eigenvalue weighted by Gasteiger charge is 2.54. The molecule has 4 aliphatic heterocycles. The Hall–Kier alpha value is -5.92. The van der Waals surface area contributed by atoms with Crippen molar-refractivity contribution in [1.29, 1.82) is 0 Å². The average Bonchev–Trinajstić information content (AvgIpc) is 3.16. The second-order valence-electron chi connectivity index (χ2n) is 12.4. The van der Waals surface area contributed by atoms with Gasteiger partial charge in [-0.2, -0.15) is 5.01 Å². The molecule has 0 aliphatic carbocycles. The summed E-state index contributed by atoms with van der Waals surface area (Å²) in [6.07, 6.45) is -1.04. The van der Waals surface area contributed by atoms with Crippen LogP contribution in [0.2, 0.25) is 0 Å². The maximum Gasteiger partial charge on any atom is 0.411 e. The lowest BCUT2D eigenvalue weighted by Gasteiger charge is -2.49. The van der Waals surface area contributed by atoms with Crippen LogP contribution in [0.3, 0.4) is 0 Å². The van der Waals surface area contributed by atoms with Crippen LogP contribution < -0.4 is 32.4 Å². The number of β-lactam (4-membered cyclic amide) rings is 1. The second kappa shape index (κ2) is 17.3. The van der Waals surface area contributed by atoms with Gasteiger partial charge in [0, 0.05) is 43.9 Å². The molecular formula is C31H36N10O13S2. The van der Waals surface area contributed by atoms with Crippen molar-refractivity contribution < 1.29 is 62.9 Å². The molecule has 0 saturated carbocycles. The minimum absolute atomic E-state index is 0.0486. The zero-order valence-corrected chi connectivity index (χ0v) is 31.1. The third-order valence-corrected chi connectivity index (χ3v) is 11.3. The van der Waals surface area contributed by atoms with E-state index in [1.54, 1.807) is 6.92 Å². The molecule has 300 valence electrons. The maximum atomic E-state index is 13.9. The second-order valence-corrected chi connectivity index (χ2v) is 14.5. The molecule has 3 saturated heterocycles. The van der Waals surface area contributed by atoms with Crippen molar-refractivity contribution in [2.24, 2.45) is 5.73 Å². The predicted octanol–water partition coefficient (Wildman–Crippen LogP) is -3.06. The van der Waals surface area contributed by atoms with Gasteiger partial charge in [0.15, 0.2) is 0 Å². The van der Waals surface area contributed by atoms with Crippen molar-refractivity contribution in [3.63, 3.8) is 0 Å². The monoisotopic (exact) mass is 820 g/mol. The van der Waals surface area contributed by atoms with Crippen LogP contribution in [0.4, 0.5) is 15.3 Å². The van der Waals surface area contributed by atoms with Gasteiger partial charge in [-0.3, -0.25) is 54.1 Å². The molecular weight excluding hydrogens is 785 g/mol. The van der Waals surface area contributed by atoms with Gasteiger partial charge in [-0.05, 0) is 30.2 Å². The van der Waals surface area contributed by atoms with E-state index in [9.17, 15) is 53.1 Å². The number of nitrogens with one attached hydrogen (secondary N) is 5. The minimum Gasteiger partial charge on any atom is -0.480 e. The molecule has 9 amide bonds. The molecule has 5 rings (SSSR count). The predicted molar refractivity (Wildman–Crippen MR) is 192 cm³/mol. The Morgan fingerprint density at radius 2 is 1.73 bits per heavy atom. The van der Waals surface area contributed by atoms with E-state index in [1.165, 1.54) is 41.2 Å². The Morgan fingerprint density at radius 1 is 1.04 bits per heavy atom. The zero-order valence-electron chi connectivity index (χ0n) is 29.5. The van der Waals surface area contributed by atoms with E-state index in [1.807, 2.05) is 0 Å². The zero-order chi connectivity index (χ0) is 41.0. The number of ether oxygens (including phenoxy) is 1. The van der Waals surface area contributed by atoms with Gasteiger partial charge in [-0.15, -0.1) is 23.5 Å². The third kappa shape index (κ3) is 8.79. The largest absolute Gasteiger partial charge is 0.480 e. The summed E-state index contributed by atoms with van der Waals surface area (Å²) in [7, 11) is 1.50. The van der Waals surface area contributed by atoms with Crippen molar-refractivity contribution in [2.45, 2.75) is 35.9 Å². The van der Waals surface area contributed by atoms with E-state index in [0.717, 1.165) is 28.4 Å². The fourth-order valence-corrected chi connectivity index (χ4v) is 8.27. The number of benzene rings is 1. The topological polar surface area (TPSA) is 320 Å². The van der Waals surface area contributed by atoms with Gasteiger partial charge in [-0.25, -0.2) is 14.4 Å². The molecule has 5 atom stereocenters. The number of rotatable bonds is 13. The molecule has 0 spiro atoms. The molecule has 23 nitrogen and oxygen atoms in total. The van der Waals surface area contributed by atoms with Gasteiger partial charge < -0.3 is 41.5 Å². The van der Waals surface area contributed by atoms with Gasteiger partial charge >= 0.3 is 47.7 Å². The summed E-state index contributed by atoms with van der Waals surface area (Å²) in [6.45, 7) is 1.14. The summed E-state index contributed by atoms with van der Waals surface area (Å²) in [5.41, 5.74) is 7.20. The summed E-state index contributed by atoms with van der Waals surface area (Å²) < 4.78 is 4.78. The number of anilines is 1. The van der Waals surface area contributed by atoms with Gasteiger partial charge in [0.2, 0.25) is 5.91 Å². The van der Waals surface area contributed by atoms with E-state index in [-0.39, 0.29) is 48.1 Å². The van der Waals surface area contributed by atoms with Gasteiger partial charge in [0.25, 0.3) is 5.91 Å². The number of nitrogens with two attached hydrogens (primary N) is 1. The number of nitrogens with zero attached hydrogens (tertiary/aromatic N) is 4. The highest BCUT2D eigenvalue weighted by molar-refractivity contribution is 8.01. The summed E-state index contributed by atoms with van der Waals surface area (Å²) in [5, 5.41) is 29.2. The fraction of sp³-hybridized carbons (Fsp3) is 0.419. The van der Waals surface area contributed by atoms with Crippen LogP contribution in [0.15, 0.2) is 35.5 Å². The normalized spacial score (nSPS) is 22.2. The number of hydrogen-bond donors (Lipinski definition) is 8. The number of piperazine rings is 1. The smallest absolute Gasteiger partial charge is 0.411 e. The maximum absolute atomic E-state index is 13.9. The number of amides is 9. The van der Waals surface area contributed by atoms with E-state index in [0.29, 0.717) is 10.5 Å². The fourth-order valence-electron chi connectivity index (χ4n) is 5.73. The molecule has 1 aromatic carbocycles. The van der Waals surface area contributed by atoms with Gasteiger partial charge in [0.1, 0.15) is 41.3 Å². The Morgan fingerprint density at radius 3 is 2.38 bits per heavy atom. The number of carbonyl (C=O) groups excluding carboxylic acids is 8. The molecule has 4 heterocycles. The number of imide groups is 1. The SMILES string of the molecule is CCN1CCN(C(=O)N[C@@H](C(=O)N[C@@H]2C(=O)N3C(C(=O)O)=C(CSC4NC(=O)C(=O)NN4C)CS[C@@H]23)c2ccc(NC(=O)OC[C@@H](N)C(=O)O)cc2)C(=O)C1=O. The van der Waals surface area contributed by atoms with Crippen molar-refractivity contribution in [3.8, 4) is 0 Å². The first-order valence-electron chi connectivity index (χ1n) is 16.6. The molecule has 25 heteroatoms. The molecule has 1 aromatic rings. The minimum atomic E-state index is -1.59. The molecule has 3 fully saturated rings. The molecule has 56 heavy (non-hydrogen) atoms. The Bertz CT molecular complexity index is 1900. The Balaban J connectivity index is 1.31. The first kappa shape index (κ1) is 41.2. The Labute approximate surface area is 325 Å². The highest BCUT2D eigenvalue weighted by atomic mass is 32.2. The van der Waals surface area contributed by atoms with E-state index in [2.05, 4.69) is 26.7 Å². The molecule has 0 aromatic heterocycles. The van der Waals surface area contributed by atoms with E-state index < -0.39 is 95.1 Å². The number of carbonyl (C=O) groups is 10. The summed E-state index contributed by atoms with van der Waals surface area (Å²) in [6, 6.07) is -0.122. The first-order chi connectivity index (χ1) is 26.5. The summed E-state index contributed by atoms with van der Waals surface area (Å²) in [5.74, 6) is -8.11. The van der Waals surface area contributed by atoms with Crippen LogP contribution in [0.25, 0.3) is 0 Å². The highest BCUT2D eigenvalue weighted by Crippen LogP contribution is 2.41. The summed E-state index contributed by atoms with van der Waals surface area (Å²) >= 11 is 2.25. The van der Waals surface area contributed by atoms with E-state index in [4.69, 9.17) is 15.6 Å². The third-order valence-electron chi connectivity index (χ3n) is 8.72. The van der Waals surface area contributed by atoms with Gasteiger partial charge in [-0.1, -0.05) is 12.1 Å². The number of carboxylic acids is 2. The van der Waals surface area contributed by atoms with Crippen LogP contribution in [-0.4, -0.2) is 157 Å². The van der Waals surface area contributed by atoms with Crippen molar-refractivity contribution in [1.82, 2.24) is 41.1 Å². The number of hydrazine groups is 1. The standard InChI is InChI=1S/C31H36N10O13S2/c1-3-39-8-9-40(25(47)24(39)46)29(52)35-17(13-4-6-15(7-5-13)33-31(53)54-10-16(32)27(48)49)20(42)34-18-23(45)41-19(28(50)51)14(11-55-26(18)41)12-56-30-36-21(43)22(44)37-38(30)2/h4-7,16-18,26,30H,3,8-12,32H2,1-2H3,(H,33,53)(H,34,42)(H,35,52)(H,36,43)(H,37,44)(H,48,49)(H,50,51)/t16-,17-,18-,26+,30?/m1/s1. The van der Waals surface area contributed by atoms with E-state index >= 15 is 0 Å². The van der Waals surface area contributed by atoms with Crippen molar-refractivity contribution in [2.75, 3.05) is 50.1 Å². The molecule has 4 aliphatic rings. The van der Waals surface area contributed by atoms with Crippen LogP contribution >= 0.6 is 23.5 Å². The number of likely N-dealkylation sites (N-methyl/N-ethyl adjacent to an activating group) is 1. The number of aliphatic carboxylic acids is 2. The number of fused-ring (bicyclic) bond motifs is 1. The molecule has 1 unspecified atom stereocenters. The lowest BCUT2D eigenvalue weighted by molar-refractivity contribution is -0.153. The molecule has 0 radical (unpaired) electrons. The number of carboxylic acid groups (broad SMARTS) is 2. The van der Waals surface area contributed by atoms with Crippen LogP contribution in [0.5, 0.6) is 0 Å². The lowest BCUT2D eigenvalue weighted by atomic mass is 10.0. The van der Waals surface area contributed by atoms with Crippen molar-refractivity contribution in [3.05, 3.63) is 41.1 Å². The lowest BCUT2D eigenvalue weighted by Crippen LogP contribution is -2.71. The molecule has 9 N–H and O–H groups in total. The van der Waals surface area contributed by atoms with Crippen LogP contribution in [0, 0.1) is 0 Å². The van der Waals surface area contributed by atoms with Crippen molar-refractivity contribution >= 4 is 88.7 Å². The van der Waals surface area contributed by atoms with Crippen LogP contribution in [-0.2, 0) is 43.1 Å². The average molecular weight is 821 g/mol. The first-order valence-corrected chi connectivity index (χ1v) is 18.7. The summed E-state index contributed by atoms with van der Waals surface area (Å²) in [4.78, 5) is 128. The molecule has 0 bridgehead atoms. The Kier molecular flexibility index (Phi) is 12.7.